The average molecular weight is 408 g/mol. The van der Waals surface area contributed by atoms with Crippen molar-refractivity contribution >= 4 is 50.6 Å². The number of benzene rings is 3. The first-order chi connectivity index (χ1) is 12.7. The molecule has 0 atom stereocenters. The predicted octanol–water partition coefficient (Wildman–Crippen LogP) is 4.79. The fourth-order valence-corrected chi connectivity index (χ4v) is 2.87. The van der Waals surface area contributed by atoms with E-state index >= 15 is 0 Å². The van der Waals surface area contributed by atoms with E-state index in [1.165, 1.54) is 0 Å². The number of fused-ring (bicyclic) bond motifs is 1. The van der Waals surface area contributed by atoms with E-state index in [-0.39, 0.29) is 12.5 Å². The van der Waals surface area contributed by atoms with Gasteiger partial charge in [-0.2, -0.15) is 5.10 Å². The smallest absolute Gasteiger partial charge is 0.259 e. The molecule has 0 fully saturated rings. The van der Waals surface area contributed by atoms with Gasteiger partial charge >= 0.3 is 0 Å². The summed E-state index contributed by atoms with van der Waals surface area (Å²) in [4.78, 5) is 12.0. The van der Waals surface area contributed by atoms with Crippen molar-refractivity contribution in [3.8, 4) is 0 Å². The lowest BCUT2D eigenvalue weighted by molar-refractivity contribution is -0.119. The summed E-state index contributed by atoms with van der Waals surface area (Å²) in [5, 5.41) is 9.33. The normalized spacial score (nSPS) is 11.7. The third-order valence-corrected chi connectivity index (χ3v) is 4.14. The minimum absolute atomic E-state index is 0.144. The van der Waals surface area contributed by atoms with E-state index in [1.54, 1.807) is 6.21 Å². The molecule has 0 aliphatic carbocycles. The van der Waals surface area contributed by atoms with Crippen LogP contribution in [0.15, 0.2) is 82.4 Å². The van der Waals surface area contributed by atoms with E-state index in [2.05, 4.69) is 31.8 Å². The Morgan fingerprint density at radius 3 is 2.54 bits per heavy atom. The third kappa shape index (κ3) is 5.04. The zero-order valence-corrected chi connectivity index (χ0v) is 15.6. The van der Waals surface area contributed by atoms with E-state index in [4.69, 9.17) is 0 Å². The lowest BCUT2D eigenvalue weighted by Crippen LogP contribution is -2.25. The number of nitrogens with zero attached hydrogens (tertiary/aromatic N) is 1. The minimum atomic E-state index is -0.214. The van der Waals surface area contributed by atoms with Gasteiger partial charge in [0.05, 0.1) is 12.8 Å². The molecule has 3 aromatic rings. The Balaban J connectivity index is 1.53. The molecule has 3 aromatic carbocycles. The van der Waals surface area contributed by atoms with Crippen molar-refractivity contribution in [1.29, 1.82) is 0 Å². The number of hydrogen-bond donors (Lipinski definition) is 2. The molecule has 0 heterocycles. The van der Waals surface area contributed by atoms with Gasteiger partial charge in [-0.05, 0) is 39.0 Å². The highest BCUT2D eigenvalue weighted by Crippen LogP contribution is 2.22. The van der Waals surface area contributed by atoms with Crippen LogP contribution in [-0.4, -0.2) is 18.7 Å². The van der Waals surface area contributed by atoms with Crippen LogP contribution in [0.2, 0.25) is 0 Å². The van der Waals surface area contributed by atoms with Gasteiger partial charge in [-0.15, -0.1) is 0 Å². The van der Waals surface area contributed by atoms with E-state index in [9.17, 15) is 4.79 Å². The monoisotopic (exact) mass is 407 g/mol. The van der Waals surface area contributed by atoms with E-state index in [0.29, 0.717) is 0 Å². The lowest BCUT2D eigenvalue weighted by Gasteiger charge is -2.08. The van der Waals surface area contributed by atoms with Crippen molar-refractivity contribution in [2.75, 3.05) is 11.9 Å². The van der Waals surface area contributed by atoms with Gasteiger partial charge in [-0.3, -0.25) is 4.79 Å². The van der Waals surface area contributed by atoms with Crippen LogP contribution in [0.25, 0.3) is 16.8 Å². The van der Waals surface area contributed by atoms with Crippen molar-refractivity contribution in [2.45, 2.75) is 0 Å². The minimum Gasteiger partial charge on any atom is -0.376 e. The topological polar surface area (TPSA) is 53.5 Å². The van der Waals surface area contributed by atoms with Gasteiger partial charge in [0.15, 0.2) is 0 Å². The predicted molar refractivity (Wildman–Crippen MR) is 112 cm³/mol. The van der Waals surface area contributed by atoms with Crippen molar-refractivity contribution < 1.29 is 4.79 Å². The molecule has 1 amide bonds. The molecular formula is C21H18BrN3O. The molecule has 26 heavy (non-hydrogen) atoms. The molecule has 3 rings (SSSR count). The number of nitrogens with one attached hydrogen (secondary N) is 2. The molecule has 0 saturated heterocycles. The van der Waals surface area contributed by atoms with Crippen molar-refractivity contribution in [3.63, 3.8) is 0 Å². The van der Waals surface area contributed by atoms with E-state index < -0.39 is 0 Å². The molecule has 0 unspecified atom stereocenters. The van der Waals surface area contributed by atoms with Crippen LogP contribution < -0.4 is 10.7 Å². The molecule has 0 saturated carbocycles. The zero-order chi connectivity index (χ0) is 18.2. The van der Waals surface area contributed by atoms with Crippen LogP contribution in [-0.2, 0) is 4.79 Å². The van der Waals surface area contributed by atoms with E-state index in [1.807, 2.05) is 78.9 Å². The van der Waals surface area contributed by atoms with Crippen LogP contribution in [0.3, 0.4) is 0 Å². The molecule has 0 spiro atoms. The second kappa shape index (κ2) is 8.97. The maximum absolute atomic E-state index is 12.0. The second-order valence-electron chi connectivity index (χ2n) is 5.61. The van der Waals surface area contributed by atoms with Crippen molar-refractivity contribution in [3.05, 3.63) is 82.8 Å². The quantitative estimate of drug-likeness (QED) is 0.455. The number of hydrazone groups is 1. The van der Waals surface area contributed by atoms with Crippen LogP contribution in [0.4, 0.5) is 5.69 Å². The Morgan fingerprint density at radius 1 is 0.962 bits per heavy atom. The standard InChI is InChI=1S/C21H18BrN3O/c22-18(13-16-7-2-1-3-8-16)14-24-25-21(26)15-23-20-12-6-10-17-9-4-5-11-19(17)20/h1-14,23H,15H2,(H,25,26)/b18-13-,24-14?. The Labute approximate surface area is 160 Å². The van der Waals surface area contributed by atoms with Gasteiger partial charge < -0.3 is 5.32 Å². The van der Waals surface area contributed by atoms with Gasteiger partial charge in [-0.1, -0.05) is 66.7 Å². The fraction of sp³-hybridized carbons (Fsp3) is 0.0476. The molecule has 4 nitrogen and oxygen atoms in total. The van der Waals surface area contributed by atoms with Crippen LogP contribution in [0.5, 0.6) is 0 Å². The summed E-state index contributed by atoms with van der Waals surface area (Å²) >= 11 is 3.41. The maximum Gasteiger partial charge on any atom is 0.259 e. The summed E-state index contributed by atoms with van der Waals surface area (Å²) in [5.41, 5.74) is 4.49. The Hall–Kier alpha value is -2.92. The van der Waals surface area contributed by atoms with Gasteiger partial charge in [-0.25, -0.2) is 5.43 Å². The summed E-state index contributed by atoms with van der Waals surface area (Å²) < 4.78 is 0.769. The Morgan fingerprint density at radius 2 is 1.69 bits per heavy atom. The molecule has 0 bridgehead atoms. The number of allylic oxidation sites excluding steroid dienone is 1. The number of carbonyl (C=O) groups excluding carboxylic acids is 1. The van der Waals surface area contributed by atoms with Crippen LogP contribution >= 0.6 is 15.9 Å². The lowest BCUT2D eigenvalue weighted by atomic mass is 10.1. The molecule has 130 valence electrons. The summed E-state index contributed by atoms with van der Waals surface area (Å²) in [6.07, 6.45) is 3.48. The Kier molecular flexibility index (Phi) is 6.17. The molecule has 0 aromatic heterocycles. The fourth-order valence-electron chi connectivity index (χ4n) is 2.51. The number of carbonyl (C=O) groups is 1. The highest BCUT2D eigenvalue weighted by molar-refractivity contribution is 9.12. The summed E-state index contributed by atoms with van der Waals surface area (Å²) in [6.45, 7) is 0.144. The zero-order valence-electron chi connectivity index (χ0n) is 14.0. The van der Waals surface area contributed by atoms with Gasteiger partial charge in [0.1, 0.15) is 0 Å². The third-order valence-electron chi connectivity index (χ3n) is 3.71. The highest BCUT2D eigenvalue weighted by Gasteiger charge is 2.03. The first-order valence-corrected chi connectivity index (χ1v) is 8.97. The molecule has 0 aliphatic heterocycles. The number of amides is 1. The van der Waals surface area contributed by atoms with Crippen molar-refractivity contribution in [1.82, 2.24) is 5.43 Å². The summed E-state index contributed by atoms with van der Waals surface area (Å²) in [7, 11) is 0. The molecule has 0 radical (unpaired) electrons. The van der Waals surface area contributed by atoms with E-state index in [0.717, 1.165) is 26.5 Å². The molecule has 0 aliphatic rings. The average Bonchev–Trinajstić information content (AvgIpc) is 2.67. The van der Waals surface area contributed by atoms with Gasteiger partial charge in [0.2, 0.25) is 0 Å². The molecular weight excluding hydrogens is 390 g/mol. The van der Waals surface area contributed by atoms with Crippen LogP contribution in [0, 0.1) is 0 Å². The first-order valence-electron chi connectivity index (χ1n) is 8.18. The summed E-state index contributed by atoms with van der Waals surface area (Å²) in [6, 6.07) is 23.9. The molecule has 5 heteroatoms. The number of anilines is 1. The summed E-state index contributed by atoms with van der Waals surface area (Å²) in [5.74, 6) is -0.214. The number of hydrogen-bond acceptors (Lipinski definition) is 3. The van der Waals surface area contributed by atoms with Crippen molar-refractivity contribution in [2.24, 2.45) is 5.10 Å². The maximum atomic E-state index is 12.0. The Bertz CT molecular complexity index is 946. The largest absolute Gasteiger partial charge is 0.376 e. The number of halogens is 1. The SMILES string of the molecule is O=C(CNc1cccc2ccccc12)NN=C/C(Br)=C/c1ccccc1. The van der Waals surface area contributed by atoms with Gasteiger partial charge in [0, 0.05) is 15.6 Å². The number of rotatable bonds is 6. The van der Waals surface area contributed by atoms with Crippen LogP contribution in [0.1, 0.15) is 5.56 Å². The highest BCUT2D eigenvalue weighted by atomic mass is 79.9. The molecule has 2 N–H and O–H groups in total. The second-order valence-corrected chi connectivity index (χ2v) is 6.53. The van der Waals surface area contributed by atoms with Gasteiger partial charge in [0.25, 0.3) is 5.91 Å². The first kappa shape index (κ1) is 17.9.